The predicted molar refractivity (Wildman–Crippen MR) is 99.0 cm³/mol. The van der Waals surface area contributed by atoms with Gasteiger partial charge >= 0.3 is 0 Å². The Kier molecular flexibility index (Phi) is 6.11. The molecule has 3 rings (SSSR count). The maximum atomic E-state index is 4.42. The average Bonchev–Trinajstić information content (AvgIpc) is 3.16. The number of aryl methyl sites for hydroxylation is 1. The first-order valence-electron chi connectivity index (χ1n) is 8.54. The minimum Gasteiger partial charge on any atom is -0.373 e. The molecular weight excluding hydrogens is 312 g/mol. The number of rotatable bonds is 9. The Morgan fingerprint density at radius 3 is 2.76 bits per heavy atom. The van der Waals surface area contributed by atoms with Gasteiger partial charge in [-0.25, -0.2) is 9.97 Å². The lowest BCUT2D eigenvalue weighted by Gasteiger charge is -2.23. The van der Waals surface area contributed by atoms with Crippen LogP contribution in [0.4, 0.5) is 5.82 Å². The Bertz CT molecular complexity index is 742. The van der Waals surface area contributed by atoms with Gasteiger partial charge in [0, 0.05) is 69.8 Å². The molecule has 0 unspecified atom stereocenters. The van der Waals surface area contributed by atoms with E-state index in [9.17, 15) is 0 Å². The fraction of sp³-hybridized carbons (Fsp3) is 0.316. The van der Waals surface area contributed by atoms with Crippen molar-refractivity contribution in [2.45, 2.75) is 26.1 Å². The zero-order valence-electron chi connectivity index (χ0n) is 14.5. The van der Waals surface area contributed by atoms with Crippen molar-refractivity contribution < 1.29 is 0 Å². The normalized spacial score (nSPS) is 11.0. The Morgan fingerprint density at radius 2 is 2.00 bits per heavy atom. The molecule has 6 nitrogen and oxygen atoms in total. The van der Waals surface area contributed by atoms with Crippen LogP contribution in [0.3, 0.4) is 0 Å². The van der Waals surface area contributed by atoms with E-state index in [-0.39, 0.29) is 0 Å². The van der Waals surface area contributed by atoms with Gasteiger partial charge in [0.2, 0.25) is 0 Å². The van der Waals surface area contributed by atoms with Gasteiger partial charge in [-0.15, -0.1) is 0 Å². The molecule has 1 N–H and O–H groups in total. The van der Waals surface area contributed by atoms with Crippen molar-refractivity contribution in [3.05, 3.63) is 72.7 Å². The molecule has 3 aromatic rings. The molecule has 0 aromatic carbocycles. The van der Waals surface area contributed by atoms with E-state index in [1.807, 2.05) is 56.5 Å². The number of hydrogen-bond acceptors (Lipinski definition) is 5. The summed E-state index contributed by atoms with van der Waals surface area (Å²) < 4.78 is 2.12. The molecule has 3 heterocycles. The molecule has 25 heavy (non-hydrogen) atoms. The summed E-state index contributed by atoms with van der Waals surface area (Å²) in [4.78, 5) is 15.2. The summed E-state index contributed by atoms with van der Waals surface area (Å²) in [5.74, 6) is 0.938. The van der Waals surface area contributed by atoms with E-state index in [4.69, 9.17) is 0 Å². The van der Waals surface area contributed by atoms with E-state index in [0.717, 1.165) is 38.4 Å². The first-order chi connectivity index (χ1) is 12.3. The van der Waals surface area contributed by atoms with Crippen LogP contribution in [0.5, 0.6) is 0 Å². The second-order valence-electron chi connectivity index (χ2n) is 5.99. The first kappa shape index (κ1) is 17.1. The fourth-order valence-electron chi connectivity index (χ4n) is 2.89. The van der Waals surface area contributed by atoms with E-state index in [0.29, 0.717) is 0 Å². The molecule has 3 aromatic heterocycles. The van der Waals surface area contributed by atoms with Gasteiger partial charge in [0.05, 0.1) is 6.33 Å². The van der Waals surface area contributed by atoms with E-state index in [1.54, 1.807) is 0 Å². The third kappa shape index (κ3) is 5.12. The molecule has 0 spiro atoms. The first-order valence-corrected chi connectivity index (χ1v) is 8.54. The standard InChI is InChI=1S/C19H24N6/c1-20-19-18(6-3-8-23-19)15-25(14-17-5-2-7-21-13-17)11-4-10-24-12-9-22-16-24/h2-3,5-9,12-13,16H,4,10-11,14-15H2,1H3,(H,20,23). The SMILES string of the molecule is CNc1ncccc1CN(CCCn1ccnc1)Cc1cccnc1. The monoisotopic (exact) mass is 336 g/mol. The van der Waals surface area contributed by atoms with Crippen LogP contribution in [0, 0.1) is 0 Å². The van der Waals surface area contributed by atoms with Gasteiger partial charge in [0.1, 0.15) is 5.82 Å². The number of pyridine rings is 2. The van der Waals surface area contributed by atoms with Crippen LogP contribution in [-0.2, 0) is 19.6 Å². The van der Waals surface area contributed by atoms with Crippen molar-refractivity contribution in [1.82, 2.24) is 24.4 Å². The molecule has 0 amide bonds. The van der Waals surface area contributed by atoms with Crippen molar-refractivity contribution in [3.8, 4) is 0 Å². The Hall–Kier alpha value is -2.73. The zero-order chi connectivity index (χ0) is 17.3. The molecule has 0 fully saturated rings. The summed E-state index contributed by atoms with van der Waals surface area (Å²) in [6, 6.07) is 8.23. The number of imidazole rings is 1. The van der Waals surface area contributed by atoms with E-state index < -0.39 is 0 Å². The van der Waals surface area contributed by atoms with Crippen molar-refractivity contribution >= 4 is 5.82 Å². The maximum absolute atomic E-state index is 4.42. The largest absolute Gasteiger partial charge is 0.373 e. The highest BCUT2D eigenvalue weighted by molar-refractivity contribution is 5.42. The van der Waals surface area contributed by atoms with Crippen molar-refractivity contribution in [2.75, 3.05) is 18.9 Å². The second-order valence-corrected chi connectivity index (χ2v) is 5.99. The lowest BCUT2D eigenvalue weighted by atomic mass is 10.2. The Labute approximate surface area is 148 Å². The molecule has 0 saturated heterocycles. The van der Waals surface area contributed by atoms with Crippen LogP contribution in [0.2, 0.25) is 0 Å². The topological polar surface area (TPSA) is 58.9 Å². The van der Waals surface area contributed by atoms with Crippen LogP contribution in [-0.4, -0.2) is 38.0 Å². The van der Waals surface area contributed by atoms with Gasteiger partial charge in [0.15, 0.2) is 0 Å². The highest BCUT2D eigenvalue weighted by Gasteiger charge is 2.10. The highest BCUT2D eigenvalue weighted by atomic mass is 15.1. The van der Waals surface area contributed by atoms with E-state index in [2.05, 4.69) is 41.9 Å². The summed E-state index contributed by atoms with van der Waals surface area (Å²) in [6.45, 7) is 3.68. The quantitative estimate of drug-likeness (QED) is 0.651. The molecule has 0 aliphatic carbocycles. The summed E-state index contributed by atoms with van der Waals surface area (Å²) in [5, 5.41) is 3.18. The summed E-state index contributed by atoms with van der Waals surface area (Å²) in [7, 11) is 1.91. The second kappa shape index (κ2) is 8.94. The summed E-state index contributed by atoms with van der Waals surface area (Å²) >= 11 is 0. The lowest BCUT2D eigenvalue weighted by molar-refractivity contribution is 0.248. The Morgan fingerprint density at radius 1 is 1.08 bits per heavy atom. The predicted octanol–water partition coefficient (Wildman–Crippen LogP) is 2.81. The smallest absolute Gasteiger partial charge is 0.130 e. The van der Waals surface area contributed by atoms with Crippen LogP contribution < -0.4 is 5.32 Å². The Balaban J connectivity index is 1.66. The van der Waals surface area contributed by atoms with Crippen LogP contribution in [0.15, 0.2) is 61.6 Å². The molecule has 6 heteroatoms. The zero-order valence-corrected chi connectivity index (χ0v) is 14.5. The summed E-state index contributed by atoms with van der Waals surface area (Å²) in [5.41, 5.74) is 2.43. The number of nitrogens with one attached hydrogen (secondary N) is 1. The van der Waals surface area contributed by atoms with Gasteiger partial charge in [-0.1, -0.05) is 12.1 Å². The maximum Gasteiger partial charge on any atom is 0.130 e. The van der Waals surface area contributed by atoms with Gasteiger partial charge < -0.3 is 9.88 Å². The average molecular weight is 336 g/mol. The molecule has 0 saturated carbocycles. The highest BCUT2D eigenvalue weighted by Crippen LogP contribution is 2.16. The molecule has 0 aliphatic rings. The minimum absolute atomic E-state index is 0.850. The van der Waals surface area contributed by atoms with Gasteiger partial charge in [-0.05, 0) is 24.1 Å². The van der Waals surface area contributed by atoms with Crippen molar-refractivity contribution in [3.63, 3.8) is 0 Å². The lowest BCUT2D eigenvalue weighted by Crippen LogP contribution is -2.25. The van der Waals surface area contributed by atoms with Gasteiger partial charge in [-0.2, -0.15) is 0 Å². The van der Waals surface area contributed by atoms with Gasteiger partial charge in [-0.3, -0.25) is 9.88 Å². The molecule has 0 atom stereocenters. The summed E-state index contributed by atoms with van der Waals surface area (Å²) in [6.07, 6.45) is 12.3. The third-order valence-corrected chi connectivity index (χ3v) is 4.10. The van der Waals surface area contributed by atoms with Crippen LogP contribution in [0.1, 0.15) is 17.5 Å². The van der Waals surface area contributed by atoms with E-state index >= 15 is 0 Å². The van der Waals surface area contributed by atoms with Crippen LogP contribution in [0.25, 0.3) is 0 Å². The van der Waals surface area contributed by atoms with Gasteiger partial charge in [0.25, 0.3) is 0 Å². The van der Waals surface area contributed by atoms with Crippen LogP contribution >= 0.6 is 0 Å². The molecule has 0 aliphatic heterocycles. The number of anilines is 1. The molecule has 0 radical (unpaired) electrons. The third-order valence-electron chi connectivity index (χ3n) is 4.10. The van der Waals surface area contributed by atoms with Crippen molar-refractivity contribution in [2.24, 2.45) is 0 Å². The van der Waals surface area contributed by atoms with Crippen molar-refractivity contribution in [1.29, 1.82) is 0 Å². The molecule has 0 bridgehead atoms. The minimum atomic E-state index is 0.850. The molecule has 130 valence electrons. The number of nitrogens with zero attached hydrogens (tertiary/aromatic N) is 5. The number of aromatic nitrogens is 4. The molecular formula is C19H24N6. The van der Waals surface area contributed by atoms with E-state index in [1.165, 1.54) is 11.1 Å². The number of hydrogen-bond donors (Lipinski definition) is 1. The fourth-order valence-corrected chi connectivity index (χ4v) is 2.89.